The largest absolute Gasteiger partial charge is 0.353 e. The average Bonchev–Trinajstić information content (AvgIpc) is 3.43. The molecule has 8 heteroatoms. The fourth-order valence-corrected chi connectivity index (χ4v) is 3.65. The van der Waals surface area contributed by atoms with Gasteiger partial charge in [-0.1, -0.05) is 31.2 Å². The Balaban J connectivity index is 1.62. The number of rotatable bonds is 8. The third-order valence-corrected chi connectivity index (χ3v) is 5.59. The SMILES string of the molecule is CCC(Cc1ccc(C(C)(F)F)cc1)C(=O)NCC1(C2CC2)NC(=O)NC1=O. The quantitative estimate of drug-likeness (QED) is 0.593. The molecule has 1 heterocycles. The molecule has 1 aliphatic heterocycles. The number of imide groups is 1. The summed E-state index contributed by atoms with van der Waals surface area (Å²) in [5.41, 5.74) is -0.346. The van der Waals surface area contributed by atoms with Crippen LogP contribution in [0.5, 0.6) is 0 Å². The summed E-state index contributed by atoms with van der Waals surface area (Å²) in [6.07, 6.45) is 2.63. The van der Waals surface area contributed by atoms with Crippen LogP contribution >= 0.6 is 0 Å². The van der Waals surface area contributed by atoms with Crippen molar-refractivity contribution in [3.63, 3.8) is 0 Å². The highest BCUT2D eigenvalue weighted by Gasteiger charge is 2.56. The standard InChI is InChI=1S/C20H25F2N3O3/c1-3-13(10-12-4-6-14(7-5-12)19(2,21)22)16(26)23-11-20(15-8-9-15)17(27)24-18(28)25-20/h4-7,13,15H,3,8-11H2,1-2H3,(H,23,26)(H2,24,25,27,28). The van der Waals surface area contributed by atoms with Crippen molar-refractivity contribution < 1.29 is 23.2 Å². The van der Waals surface area contributed by atoms with Crippen molar-refractivity contribution in [2.24, 2.45) is 11.8 Å². The van der Waals surface area contributed by atoms with Gasteiger partial charge in [-0.25, -0.2) is 13.6 Å². The number of urea groups is 1. The molecule has 0 bridgehead atoms. The van der Waals surface area contributed by atoms with E-state index in [1.165, 1.54) is 12.1 Å². The van der Waals surface area contributed by atoms with E-state index in [1.54, 1.807) is 12.1 Å². The average molecular weight is 393 g/mol. The van der Waals surface area contributed by atoms with Gasteiger partial charge in [0, 0.05) is 18.4 Å². The Bertz CT molecular complexity index is 772. The van der Waals surface area contributed by atoms with Gasteiger partial charge in [-0.05, 0) is 37.2 Å². The molecule has 0 aromatic heterocycles. The minimum atomic E-state index is -2.90. The first-order valence-corrected chi connectivity index (χ1v) is 9.54. The van der Waals surface area contributed by atoms with Crippen LogP contribution in [0.2, 0.25) is 0 Å². The number of nitrogens with one attached hydrogen (secondary N) is 3. The molecule has 1 aliphatic carbocycles. The van der Waals surface area contributed by atoms with E-state index in [-0.39, 0.29) is 29.9 Å². The zero-order valence-electron chi connectivity index (χ0n) is 16.0. The van der Waals surface area contributed by atoms with Crippen molar-refractivity contribution in [2.75, 3.05) is 6.54 Å². The zero-order chi connectivity index (χ0) is 20.5. The van der Waals surface area contributed by atoms with Crippen molar-refractivity contribution in [2.45, 2.75) is 51.0 Å². The van der Waals surface area contributed by atoms with Gasteiger partial charge in [-0.3, -0.25) is 14.9 Å². The van der Waals surface area contributed by atoms with Gasteiger partial charge in [0.2, 0.25) is 5.91 Å². The summed E-state index contributed by atoms with van der Waals surface area (Å²) in [6, 6.07) is 5.44. The van der Waals surface area contributed by atoms with Crippen LogP contribution in [0, 0.1) is 11.8 Å². The molecule has 1 saturated carbocycles. The Kier molecular flexibility index (Phi) is 5.41. The second-order valence-corrected chi connectivity index (χ2v) is 7.77. The van der Waals surface area contributed by atoms with Crippen molar-refractivity contribution in [1.82, 2.24) is 16.0 Å². The van der Waals surface area contributed by atoms with Crippen LogP contribution in [0.1, 0.15) is 44.2 Å². The highest BCUT2D eigenvalue weighted by Crippen LogP contribution is 2.41. The lowest BCUT2D eigenvalue weighted by Gasteiger charge is -2.27. The van der Waals surface area contributed by atoms with E-state index >= 15 is 0 Å². The number of hydrogen-bond donors (Lipinski definition) is 3. The molecule has 2 fully saturated rings. The number of hydrogen-bond acceptors (Lipinski definition) is 3. The van der Waals surface area contributed by atoms with Crippen molar-refractivity contribution in [1.29, 1.82) is 0 Å². The Morgan fingerprint density at radius 3 is 2.39 bits per heavy atom. The van der Waals surface area contributed by atoms with Crippen LogP contribution in [0.15, 0.2) is 24.3 Å². The van der Waals surface area contributed by atoms with E-state index in [2.05, 4.69) is 16.0 Å². The van der Waals surface area contributed by atoms with Gasteiger partial charge in [0.1, 0.15) is 5.54 Å². The molecule has 2 unspecified atom stereocenters. The first-order valence-electron chi connectivity index (χ1n) is 9.54. The molecule has 1 aromatic carbocycles. The summed E-state index contributed by atoms with van der Waals surface area (Å²) in [4.78, 5) is 36.5. The molecule has 28 heavy (non-hydrogen) atoms. The van der Waals surface area contributed by atoms with Crippen LogP contribution in [-0.4, -0.2) is 29.9 Å². The lowest BCUT2D eigenvalue weighted by Crippen LogP contribution is -2.57. The smallest absolute Gasteiger partial charge is 0.322 e. The van der Waals surface area contributed by atoms with Crippen molar-refractivity contribution in [3.8, 4) is 0 Å². The molecule has 1 aromatic rings. The Hall–Kier alpha value is -2.51. The lowest BCUT2D eigenvalue weighted by molar-refractivity contribution is -0.127. The van der Waals surface area contributed by atoms with Gasteiger partial charge >= 0.3 is 6.03 Å². The molecule has 2 atom stereocenters. The second-order valence-electron chi connectivity index (χ2n) is 7.77. The van der Waals surface area contributed by atoms with Crippen molar-refractivity contribution in [3.05, 3.63) is 35.4 Å². The maximum Gasteiger partial charge on any atom is 0.322 e. The van der Waals surface area contributed by atoms with E-state index in [0.29, 0.717) is 12.8 Å². The first kappa shape index (κ1) is 20.2. The number of amides is 4. The number of halogens is 2. The lowest BCUT2D eigenvalue weighted by atomic mass is 9.91. The molecular weight excluding hydrogens is 368 g/mol. The minimum Gasteiger partial charge on any atom is -0.353 e. The van der Waals surface area contributed by atoms with E-state index < -0.39 is 23.4 Å². The number of alkyl halides is 2. The maximum absolute atomic E-state index is 13.3. The molecule has 3 rings (SSSR count). The van der Waals surface area contributed by atoms with Crippen molar-refractivity contribution >= 4 is 17.8 Å². The van der Waals surface area contributed by atoms with Crippen LogP contribution in [-0.2, 0) is 21.9 Å². The third-order valence-electron chi connectivity index (χ3n) is 5.59. The summed E-state index contributed by atoms with van der Waals surface area (Å²) < 4.78 is 26.7. The highest BCUT2D eigenvalue weighted by atomic mass is 19.3. The number of carbonyl (C=O) groups is 3. The van der Waals surface area contributed by atoms with Gasteiger partial charge in [-0.2, -0.15) is 0 Å². The van der Waals surface area contributed by atoms with E-state index in [0.717, 1.165) is 25.3 Å². The monoisotopic (exact) mass is 393 g/mol. The van der Waals surface area contributed by atoms with E-state index in [1.807, 2.05) is 6.92 Å². The molecule has 152 valence electrons. The third kappa shape index (κ3) is 4.15. The van der Waals surface area contributed by atoms with Gasteiger partial charge in [0.05, 0.1) is 6.54 Å². The fourth-order valence-electron chi connectivity index (χ4n) is 3.65. The molecule has 6 nitrogen and oxygen atoms in total. The van der Waals surface area contributed by atoms with Gasteiger partial charge in [0.25, 0.3) is 11.8 Å². The fraction of sp³-hybridized carbons (Fsp3) is 0.550. The summed E-state index contributed by atoms with van der Waals surface area (Å²) >= 11 is 0. The highest BCUT2D eigenvalue weighted by molar-refractivity contribution is 6.07. The van der Waals surface area contributed by atoms with Crippen LogP contribution in [0.4, 0.5) is 13.6 Å². The van der Waals surface area contributed by atoms with Gasteiger partial charge in [0.15, 0.2) is 0 Å². The summed E-state index contributed by atoms with van der Waals surface area (Å²) in [6.45, 7) is 2.77. The summed E-state index contributed by atoms with van der Waals surface area (Å²) in [7, 11) is 0. The maximum atomic E-state index is 13.3. The Labute approximate surface area is 162 Å². The van der Waals surface area contributed by atoms with Crippen LogP contribution < -0.4 is 16.0 Å². The number of carbonyl (C=O) groups excluding carboxylic acids is 3. The predicted octanol–water partition coefficient (Wildman–Crippen LogP) is 2.47. The molecular formula is C20H25F2N3O3. The molecule has 1 saturated heterocycles. The second kappa shape index (κ2) is 7.48. The van der Waals surface area contributed by atoms with Crippen LogP contribution in [0.3, 0.4) is 0 Å². The molecule has 4 amide bonds. The summed E-state index contributed by atoms with van der Waals surface area (Å²) in [5.74, 6) is -3.85. The van der Waals surface area contributed by atoms with E-state index in [4.69, 9.17) is 0 Å². The van der Waals surface area contributed by atoms with Gasteiger partial charge in [-0.15, -0.1) is 0 Å². The van der Waals surface area contributed by atoms with E-state index in [9.17, 15) is 23.2 Å². The van der Waals surface area contributed by atoms with Crippen LogP contribution in [0.25, 0.3) is 0 Å². The molecule has 0 spiro atoms. The Morgan fingerprint density at radius 2 is 1.93 bits per heavy atom. The normalized spacial score (nSPS) is 23.1. The molecule has 2 aliphatic rings. The first-order chi connectivity index (χ1) is 13.2. The van der Waals surface area contributed by atoms with Gasteiger partial charge < -0.3 is 10.6 Å². The Morgan fingerprint density at radius 1 is 1.29 bits per heavy atom. The predicted molar refractivity (Wildman–Crippen MR) is 98.6 cm³/mol. The summed E-state index contributed by atoms with van der Waals surface area (Å²) in [5, 5.41) is 7.74. The molecule has 3 N–H and O–H groups in total. The minimum absolute atomic E-state index is 0.0302. The topological polar surface area (TPSA) is 87.3 Å². The zero-order valence-corrected chi connectivity index (χ0v) is 16.0. The molecule has 0 radical (unpaired) electrons. The number of benzene rings is 1.